The van der Waals surface area contributed by atoms with Crippen molar-refractivity contribution in [3.8, 4) is 0 Å². The summed E-state index contributed by atoms with van der Waals surface area (Å²) >= 11 is 0. The smallest absolute Gasteiger partial charge is 0.322 e. The van der Waals surface area contributed by atoms with E-state index in [-0.39, 0.29) is 24.0 Å². The predicted molar refractivity (Wildman–Crippen MR) is 49.7 cm³/mol. The number of Topliss-reactive ketones (excluding diaryl/α,β-unsaturated/α-hetero) is 1. The number of ether oxygens (including phenoxy) is 1. The van der Waals surface area contributed by atoms with Crippen LogP contribution in [0, 0.1) is 5.92 Å². The summed E-state index contributed by atoms with van der Waals surface area (Å²) < 4.78 is 4.66. The first-order chi connectivity index (χ1) is 6.72. The van der Waals surface area contributed by atoms with E-state index in [0.29, 0.717) is 18.6 Å². The van der Waals surface area contributed by atoms with E-state index in [2.05, 4.69) is 10.1 Å². The Kier molecular flexibility index (Phi) is 2.54. The summed E-state index contributed by atoms with van der Waals surface area (Å²) in [6.07, 6.45) is 3.25. The second-order valence-electron chi connectivity index (χ2n) is 4.05. The first-order valence-electron chi connectivity index (χ1n) is 5.09. The highest BCUT2D eigenvalue weighted by atomic mass is 16.5. The molecule has 1 heterocycles. The lowest BCUT2D eigenvalue weighted by Gasteiger charge is -2.22. The minimum Gasteiger partial charge on any atom is -0.468 e. The van der Waals surface area contributed by atoms with Gasteiger partial charge >= 0.3 is 5.97 Å². The van der Waals surface area contributed by atoms with Crippen molar-refractivity contribution in [2.45, 2.75) is 37.8 Å². The maximum Gasteiger partial charge on any atom is 0.322 e. The minimum atomic E-state index is -0.267. The zero-order valence-electron chi connectivity index (χ0n) is 8.29. The average Bonchev–Trinajstić information content (AvgIpc) is 2.62. The highest BCUT2D eigenvalue weighted by molar-refractivity contribution is 5.85. The third-order valence-electron chi connectivity index (χ3n) is 3.23. The number of rotatable bonds is 1. The summed E-state index contributed by atoms with van der Waals surface area (Å²) in [5.41, 5.74) is 0. The predicted octanol–water partition coefficient (Wildman–Crippen LogP) is 0.259. The van der Waals surface area contributed by atoms with Gasteiger partial charge in [0.05, 0.1) is 7.11 Å². The van der Waals surface area contributed by atoms with Gasteiger partial charge in [-0.15, -0.1) is 0 Å². The van der Waals surface area contributed by atoms with Gasteiger partial charge in [-0.25, -0.2) is 0 Å². The number of methoxy groups -OCH3 is 1. The molecule has 1 aliphatic heterocycles. The number of hydrogen-bond donors (Lipinski definition) is 1. The summed E-state index contributed by atoms with van der Waals surface area (Å²) in [6.45, 7) is 0. The Labute approximate surface area is 83.0 Å². The average molecular weight is 197 g/mol. The van der Waals surface area contributed by atoms with Crippen molar-refractivity contribution < 1.29 is 14.3 Å². The van der Waals surface area contributed by atoms with Crippen molar-refractivity contribution in [3.63, 3.8) is 0 Å². The van der Waals surface area contributed by atoms with Crippen LogP contribution < -0.4 is 5.32 Å². The first-order valence-corrected chi connectivity index (χ1v) is 5.09. The van der Waals surface area contributed by atoms with Crippen molar-refractivity contribution >= 4 is 11.8 Å². The van der Waals surface area contributed by atoms with E-state index >= 15 is 0 Å². The van der Waals surface area contributed by atoms with Crippen LogP contribution in [0.3, 0.4) is 0 Å². The quantitative estimate of drug-likeness (QED) is 0.613. The van der Waals surface area contributed by atoms with E-state index in [9.17, 15) is 9.59 Å². The molecule has 1 saturated heterocycles. The minimum absolute atomic E-state index is 0.0489. The van der Waals surface area contributed by atoms with Crippen LogP contribution in [0.5, 0.6) is 0 Å². The monoisotopic (exact) mass is 197 g/mol. The van der Waals surface area contributed by atoms with Crippen molar-refractivity contribution in [1.82, 2.24) is 5.32 Å². The molecule has 0 radical (unpaired) electrons. The molecule has 0 aromatic rings. The fraction of sp³-hybridized carbons (Fsp3) is 0.800. The van der Waals surface area contributed by atoms with Crippen molar-refractivity contribution in [2.24, 2.45) is 5.92 Å². The van der Waals surface area contributed by atoms with E-state index in [1.54, 1.807) is 0 Å². The molecule has 0 unspecified atom stereocenters. The van der Waals surface area contributed by atoms with E-state index in [4.69, 9.17) is 0 Å². The number of carbonyl (C=O) groups excluding carboxylic acids is 2. The fourth-order valence-corrected chi connectivity index (χ4v) is 2.49. The second kappa shape index (κ2) is 3.69. The van der Waals surface area contributed by atoms with Gasteiger partial charge < -0.3 is 10.1 Å². The van der Waals surface area contributed by atoms with E-state index in [0.717, 1.165) is 12.8 Å². The van der Waals surface area contributed by atoms with Crippen LogP contribution in [0.25, 0.3) is 0 Å². The van der Waals surface area contributed by atoms with Gasteiger partial charge in [0.2, 0.25) is 0 Å². The van der Waals surface area contributed by atoms with E-state index in [1.165, 1.54) is 7.11 Å². The highest BCUT2D eigenvalue weighted by Gasteiger charge is 2.42. The lowest BCUT2D eigenvalue weighted by molar-refractivity contribution is -0.142. The Morgan fingerprint density at radius 1 is 1.57 bits per heavy atom. The molecular weight excluding hydrogens is 182 g/mol. The first kappa shape index (κ1) is 9.65. The van der Waals surface area contributed by atoms with Gasteiger partial charge in [0.1, 0.15) is 11.8 Å². The van der Waals surface area contributed by atoms with Crippen molar-refractivity contribution in [1.29, 1.82) is 0 Å². The Bertz CT molecular complexity index is 264. The largest absolute Gasteiger partial charge is 0.468 e. The van der Waals surface area contributed by atoms with Crippen molar-refractivity contribution in [3.05, 3.63) is 0 Å². The van der Waals surface area contributed by atoms with Crippen LogP contribution in [0.1, 0.15) is 25.7 Å². The van der Waals surface area contributed by atoms with Crippen LogP contribution in [-0.2, 0) is 14.3 Å². The molecule has 1 saturated carbocycles. The molecule has 0 bridgehead atoms. The van der Waals surface area contributed by atoms with Gasteiger partial charge in [0.15, 0.2) is 0 Å². The summed E-state index contributed by atoms with van der Waals surface area (Å²) in [5, 5.41) is 3.18. The molecule has 0 spiro atoms. The molecule has 78 valence electrons. The van der Waals surface area contributed by atoms with Crippen LogP contribution in [0.4, 0.5) is 0 Å². The highest BCUT2D eigenvalue weighted by Crippen LogP contribution is 2.31. The molecule has 2 rings (SSSR count). The third-order valence-corrected chi connectivity index (χ3v) is 3.23. The molecule has 1 N–H and O–H groups in total. The molecule has 4 nitrogen and oxygen atoms in total. The van der Waals surface area contributed by atoms with Gasteiger partial charge in [-0.05, 0) is 19.3 Å². The number of carbonyl (C=O) groups is 2. The molecule has 4 heteroatoms. The molecule has 14 heavy (non-hydrogen) atoms. The molecule has 2 aliphatic rings. The molecule has 1 aliphatic carbocycles. The van der Waals surface area contributed by atoms with Crippen LogP contribution in [0.2, 0.25) is 0 Å². The zero-order valence-corrected chi connectivity index (χ0v) is 8.29. The molecule has 3 atom stereocenters. The molecule has 2 fully saturated rings. The molecule has 0 aromatic carbocycles. The molecule has 0 amide bonds. The fourth-order valence-electron chi connectivity index (χ4n) is 2.49. The zero-order chi connectivity index (χ0) is 10.1. The van der Waals surface area contributed by atoms with Crippen molar-refractivity contribution in [2.75, 3.05) is 7.11 Å². The Morgan fingerprint density at radius 3 is 3.00 bits per heavy atom. The van der Waals surface area contributed by atoms with E-state index in [1.807, 2.05) is 0 Å². The summed E-state index contributed by atoms with van der Waals surface area (Å²) in [7, 11) is 1.38. The lowest BCUT2D eigenvalue weighted by Crippen LogP contribution is -2.39. The normalized spacial score (nSPS) is 36.6. The maximum absolute atomic E-state index is 11.5. The van der Waals surface area contributed by atoms with Crippen LogP contribution in [-0.4, -0.2) is 30.9 Å². The number of hydrogen-bond acceptors (Lipinski definition) is 4. The van der Waals surface area contributed by atoms with E-state index < -0.39 is 0 Å². The van der Waals surface area contributed by atoms with Crippen LogP contribution in [0.15, 0.2) is 0 Å². The van der Waals surface area contributed by atoms with Gasteiger partial charge in [-0.1, -0.05) is 0 Å². The summed E-state index contributed by atoms with van der Waals surface area (Å²) in [5.74, 6) is 0.111. The molecule has 0 aromatic heterocycles. The Balaban J connectivity index is 2.04. The third kappa shape index (κ3) is 1.54. The second-order valence-corrected chi connectivity index (χ2v) is 4.05. The van der Waals surface area contributed by atoms with Gasteiger partial charge in [0, 0.05) is 18.4 Å². The summed E-state index contributed by atoms with van der Waals surface area (Å²) in [4.78, 5) is 22.8. The molecular formula is C10H15NO3. The summed E-state index contributed by atoms with van der Waals surface area (Å²) in [6, 6.07) is -0.0580. The number of fused-ring (bicyclic) bond motifs is 1. The standard InChI is InChI=1S/C10H15NO3/c1-14-10(13)8-5-6-7(11-8)3-2-4-9(6)12/h6-8,11H,2-5H2,1H3/t6-,7+,8+/m1/s1. The Morgan fingerprint density at radius 2 is 2.36 bits per heavy atom. The topological polar surface area (TPSA) is 55.4 Å². The lowest BCUT2D eigenvalue weighted by atomic mass is 9.84. The van der Waals surface area contributed by atoms with Gasteiger partial charge in [0.25, 0.3) is 0 Å². The van der Waals surface area contributed by atoms with Gasteiger partial charge in [-0.3, -0.25) is 9.59 Å². The van der Waals surface area contributed by atoms with Gasteiger partial charge in [-0.2, -0.15) is 0 Å². The van der Waals surface area contributed by atoms with Crippen LogP contribution >= 0.6 is 0 Å². The Hall–Kier alpha value is -0.900. The number of esters is 1. The maximum atomic E-state index is 11.5. The number of ketones is 1. The number of nitrogens with one attached hydrogen (secondary N) is 1. The SMILES string of the molecule is COC(=O)[C@@H]1C[C@H]2C(=O)CCC[C@@H]2N1.